The lowest BCUT2D eigenvalue weighted by Crippen LogP contribution is -2.30. The molecule has 0 aromatic rings. The van der Waals surface area contributed by atoms with E-state index in [1.54, 1.807) is 19.9 Å². The topological polar surface area (TPSA) is 46.6 Å². The first-order chi connectivity index (χ1) is 5.65. The minimum atomic E-state index is -0.550. The van der Waals surface area contributed by atoms with Gasteiger partial charge in [-0.05, 0) is 19.9 Å². The molecule has 1 heterocycles. The zero-order chi connectivity index (χ0) is 9.14. The van der Waals surface area contributed by atoms with Crippen LogP contribution in [0.1, 0.15) is 13.8 Å². The molecule has 12 heavy (non-hydrogen) atoms. The molecule has 0 bridgehead atoms. The highest BCUT2D eigenvalue weighted by molar-refractivity contribution is 5.99. The second-order valence-electron chi connectivity index (χ2n) is 2.64. The maximum atomic E-state index is 11.1. The molecule has 1 aliphatic heterocycles. The second kappa shape index (κ2) is 3.38. The molecule has 0 N–H and O–H groups in total. The first-order valence-corrected chi connectivity index (χ1v) is 3.80. The molecule has 66 valence electrons. The smallest absolute Gasteiger partial charge is 0.417 e. The Bertz CT molecular complexity index is 234. The van der Waals surface area contributed by atoms with E-state index in [-0.39, 0.29) is 12.0 Å². The number of cyclic esters (lactones) is 1. The summed E-state index contributed by atoms with van der Waals surface area (Å²) in [5.74, 6) is -0.313. The molecule has 0 aliphatic carbocycles. The van der Waals surface area contributed by atoms with Crippen molar-refractivity contribution in [3.63, 3.8) is 0 Å². The number of ether oxygens (including phenoxy) is 1. The highest BCUT2D eigenvalue weighted by Crippen LogP contribution is 2.10. The molecule has 0 spiro atoms. The minimum Gasteiger partial charge on any atom is -0.444 e. The SMILES string of the molecule is CC=CC(=O)N1CC(C)OC1=O. The van der Waals surface area contributed by atoms with Crippen molar-refractivity contribution in [1.82, 2.24) is 4.90 Å². The fraction of sp³-hybridized carbons (Fsp3) is 0.500. The highest BCUT2D eigenvalue weighted by Gasteiger charge is 2.31. The first-order valence-electron chi connectivity index (χ1n) is 3.80. The Morgan fingerprint density at radius 2 is 2.42 bits per heavy atom. The maximum absolute atomic E-state index is 11.1. The van der Waals surface area contributed by atoms with E-state index < -0.39 is 6.09 Å². The molecule has 0 radical (unpaired) electrons. The maximum Gasteiger partial charge on any atom is 0.417 e. The van der Waals surface area contributed by atoms with E-state index in [1.807, 2.05) is 0 Å². The van der Waals surface area contributed by atoms with Crippen molar-refractivity contribution in [3.05, 3.63) is 12.2 Å². The molecule has 1 atom stereocenters. The van der Waals surface area contributed by atoms with Crippen LogP contribution in [0.3, 0.4) is 0 Å². The van der Waals surface area contributed by atoms with E-state index in [0.717, 1.165) is 4.90 Å². The third kappa shape index (κ3) is 1.64. The van der Waals surface area contributed by atoms with Crippen molar-refractivity contribution in [1.29, 1.82) is 0 Å². The van der Waals surface area contributed by atoms with Gasteiger partial charge in [-0.3, -0.25) is 4.79 Å². The summed E-state index contributed by atoms with van der Waals surface area (Å²) in [6, 6.07) is 0. The van der Waals surface area contributed by atoms with E-state index in [1.165, 1.54) is 6.08 Å². The van der Waals surface area contributed by atoms with Crippen molar-refractivity contribution in [2.24, 2.45) is 0 Å². The van der Waals surface area contributed by atoms with E-state index in [9.17, 15) is 9.59 Å². The third-order valence-corrected chi connectivity index (χ3v) is 1.54. The van der Waals surface area contributed by atoms with Gasteiger partial charge in [0.2, 0.25) is 0 Å². The van der Waals surface area contributed by atoms with Crippen LogP contribution in [0.5, 0.6) is 0 Å². The summed E-state index contributed by atoms with van der Waals surface area (Å²) in [6.07, 6.45) is 2.20. The Kier molecular flexibility index (Phi) is 2.47. The average Bonchev–Trinajstić information content (AvgIpc) is 2.30. The fourth-order valence-electron chi connectivity index (χ4n) is 1.02. The Morgan fingerprint density at radius 1 is 1.75 bits per heavy atom. The van der Waals surface area contributed by atoms with Crippen molar-refractivity contribution >= 4 is 12.0 Å². The molecular formula is C8H11NO3. The minimum absolute atomic E-state index is 0.188. The lowest BCUT2D eigenvalue weighted by Gasteiger charge is -2.05. The van der Waals surface area contributed by atoms with Gasteiger partial charge in [0.25, 0.3) is 5.91 Å². The number of carbonyl (C=O) groups is 2. The third-order valence-electron chi connectivity index (χ3n) is 1.54. The van der Waals surface area contributed by atoms with Crippen LogP contribution in [0, 0.1) is 0 Å². The molecule has 0 aromatic heterocycles. The van der Waals surface area contributed by atoms with Crippen molar-refractivity contribution in [2.75, 3.05) is 6.54 Å². The quantitative estimate of drug-likeness (QED) is 0.548. The van der Waals surface area contributed by atoms with Gasteiger partial charge in [-0.1, -0.05) is 6.08 Å². The van der Waals surface area contributed by atoms with Crippen LogP contribution in [-0.4, -0.2) is 29.5 Å². The molecule has 1 saturated heterocycles. The number of rotatable bonds is 1. The van der Waals surface area contributed by atoms with Gasteiger partial charge in [-0.2, -0.15) is 0 Å². The standard InChI is InChI=1S/C8H11NO3/c1-3-4-7(10)9-5-6(2)12-8(9)11/h3-4,6H,5H2,1-2H3. The first kappa shape index (κ1) is 8.77. The normalized spacial score (nSPS) is 23.3. The summed E-state index contributed by atoms with van der Waals surface area (Å²) >= 11 is 0. The van der Waals surface area contributed by atoms with Crippen molar-refractivity contribution < 1.29 is 14.3 Å². The summed E-state index contributed by atoms with van der Waals surface area (Å²) in [4.78, 5) is 23.2. The van der Waals surface area contributed by atoms with Gasteiger partial charge in [-0.15, -0.1) is 0 Å². The average molecular weight is 169 g/mol. The zero-order valence-electron chi connectivity index (χ0n) is 7.11. The number of carbonyl (C=O) groups excluding carboxylic acids is 2. The Balaban J connectivity index is 2.64. The van der Waals surface area contributed by atoms with Gasteiger partial charge in [0.15, 0.2) is 0 Å². The van der Waals surface area contributed by atoms with Gasteiger partial charge < -0.3 is 4.74 Å². The highest BCUT2D eigenvalue weighted by atomic mass is 16.6. The van der Waals surface area contributed by atoms with Gasteiger partial charge in [0.05, 0.1) is 6.54 Å². The number of allylic oxidation sites excluding steroid dienone is 1. The summed E-state index contributed by atoms with van der Waals surface area (Å²) in [5, 5.41) is 0. The summed E-state index contributed by atoms with van der Waals surface area (Å²) < 4.78 is 4.77. The molecule has 0 aromatic carbocycles. The molecule has 1 rings (SSSR count). The van der Waals surface area contributed by atoms with E-state index in [0.29, 0.717) is 6.54 Å². The number of nitrogens with zero attached hydrogens (tertiary/aromatic N) is 1. The van der Waals surface area contributed by atoms with Crippen LogP contribution in [0.15, 0.2) is 12.2 Å². The molecule has 2 amide bonds. The van der Waals surface area contributed by atoms with Crippen molar-refractivity contribution in [2.45, 2.75) is 20.0 Å². The monoisotopic (exact) mass is 169 g/mol. The van der Waals surface area contributed by atoms with E-state index in [4.69, 9.17) is 4.74 Å². The largest absolute Gasteiger partial charge is 0.444 e. The van der Waals surface area contributed by atoms with Gasteiger partial charge in [0.1, 0.15) is 6.10 Å². The van der Waals surface area contributed by atoms with Crippen LogP contribution in [0.25, 0.3) is 0 Å². The number of amides is 2. The van der Waals surface area contributed by atoms with Crippen molar-refractivity contribution in [3.8, 4) is 0 Å². The molecular weight excluding hydrogens is 158 g/mol. The van der Waals surface area contributed by atoms with Gasteiger partial charge >= 0.3 is 6.09 Å². The van der Waals surface area contributed by atoms with E-state index in [2.05, 4.69) is 0 Å². The number of hydrogen-bond donors (Lipinski definition) is 0. The Hall–Kier alpha value is -1.32. The number of hydrogen-bond acceptors (Lipinski definition) is 3. The Labute approximate surface area is 70.8 Å². The van der Waals surface area contributed by atoms with Crippen LogP contribution in [0.2, 0.25) is 0 Å². The lowest BCUT2D eigenvalue weighted by molar-refractivity contribution is -0.122. The summed E-state index contributed by atoms with van der Waals surface area (Å²) in [5.41, 5.74) is 0. The molecule has 4 heteroatoms. The number of imide groups is 1. The fourth-order valence-corrected chi connectivity index (χ4v) is 1.02. The molecule has 4 nitrogen and oxygen atoms in total. The zero-order valence-corrected chi connectivity index (χ0v) is 7.11. The summed E-state index contributed by atoms with van der Waals surface area (Å²) in [7, 11) is 0. The Morgan fingerprint density at radius 3 is 2.83 bits per heavy atom. The molecule has 1 fully saturated rings. The summed E-state index contributed by atoms with van der Waals surface area (Å²) in [6.45, 7) is 3.82. The molecule has 0 saturated carbocycles. The van der Waals surface area contributed by atoms with Gasteiger partial charge in [-0.25, -0.2) is 9.69 Å². The van der Waals surface area contributed by atoms with E-state index >= 15 is 0 Å². The van der Waals surface area contributed by atoms with Crippen LogP contribution < -0.4 is 0 Å². The predicted molar refractivity (Wildman–Crippen MR) is 42.5 cm³/mol. The lowest BCUT2D eigenvalue weighted by atomic mass is 10.4. The van der Waals surface area contributed by atoms with Crippen LogP contribution in [0.4, 0.5) is 4.79 Å². The van der Waals surface area contributed by atoms with Crippen LogP contribution in [-0.2, 0) is 9.53 Å². The second-order valence-corrected chi connectivity index (χ2v) is 2.64. The molecule has 1 unspecified atom stereocenters. The van der Waals surface area contributed by atoms with Gasteiger partial charge in [0, 0.05) is 0 Å². The van der Waals surface area contributed by atoms with Crippen LogP contribution >= 0.6 is 0 Å². The predicted octanol–water partition coefficient (Wildman–Crippen LogP) is 0.930. The molecule has 1 aliphatic rings.